The van der Waals surface area contributed by atoms with E-state index in [2.05, 4.69) is 5.32 Å². The number of carbonyl (C=O) groups excluding carboxylic acids is 2. The fraction of sp³-hybridized carbons (Fsp3) is 0.556. The Morgan fingerprint density at radius 3 is 2.46 bits per heavy atom. The maximum absolute atomic E-state index is 13.3. The SMILES string of the molecule is CCOc1ccccc1C(=O)N1CCN(C(=O)C2CC(F)(F)CN2)CC1. The van der Waals surface area contributed by atoms with Crippen LogP contribution in [0, 0.1) is 0 Å². The molecule has 1 unspecified atom stereocenters. The Morgan fingerprint density at radius 2 is 1.85 bits per heavy atom. The van der Waals surface area contributed by atoms with Gasteiger partial charge in [0.05, 0.1) is 24.8 Å². The summed E-state index contributed by atoms with van der Waals surface area (Å²) in [6.07, 6.45) is -0.466. The standard InChI is InChI=1S/C18H23F2N3O3/c1-2-26-15-6-4-3-5-13(15)16(24)22-7-9-23(10-8-22)17(25)14-11-18(19,20)12-21-14/h3-6,14,21H,2,7-12H2,1H3. The lowest BCUT2D eigenvalue weighted by molar-refractivity contribution is -0.135. The quantitative estimate of drug-likeness (QED) is 0.873. The molecule has 0 spiro atoms. The van der Waals surface area contributed by atoms with Gasteiger partial charge in [-0.2, -0.15) is 0 Å². The van der Waals surface area contributed by atoms with Crippen LogP contribution in [0.25, 0.3) is 0 Å². The summed E-state index contributed by atoms with van der Waals surface area (Å²) in [5.41, 5.74) is 0.492. The minimum Gasteiger partial charge on any atom is -0.493 e. The molecule has 3 rings (SSSR count). The van der Waals surface area contributed by atoms with Gasteiger partial charge in [-0.1, -0.05) is 12.1 Å². The number of amides is 2. The number of nitrogens with zero attached hydrogens (tertiary/aromatic N) is 2. The van der Waals surface area contributed by atoms with Crippen molar-refractivity contribution in [1.82, 2.24) is 15.1 Å². The molecule has 0 saturated carbocycles. The molecule has 2 amide bonds. The molecule has 8 heteroatoms. The molecule has 6 nitrogen and oxygen atoms in total. The van der Waals surface area contributed by atoms with Crippen molar-refractivity contribution in [3.63, 3.8) is 0 Å². The van der Waals surface area contributed by atoms with Crippen LogP contribution in [0.4, 0.5) is 8.78 Å². The lowest BCUT2D eigenvalue weighted by Crippen LogP contribution is -2.54. The topological polar surface area (TPSA) is 61.9 Å². The number of halogens is 2. The Labute approximate surface area is 151 Å². The molecule has 142 valence electrons. The summed E-state index contributed by atoms with van der Waals surface area (Å²) in [6, 6.07) is 6.22. The van der Waals surface area contributed by atoms with Gasteiger partial charge in [-0.25, -0.2) is 8.78 Å². The average molecular weight is 367 g/mol. The number of nitrogens with one attached hydrogen (secondary N) is 1. The summed E-state index contributed by atoms with van der Waals surface area (Å²) >= 11 is 0. The van der Waals surface area contributed by atoms with Gasteiger partial charge in [-0.3, -0.25) is 14.9 Å². The second-order valence-electron chi connectivity index (χ2n) is 6.54. The largest absolute Gasteiger partial charge is 0.493 e. The second-order valence-corrected chi connectivity index (χ2v) is 6.54. The van der Waals surface area contributed by atoms with Gasteiger partial charge >= 0.3 is 0 Å². The third-order valence-electron chi connectivity index (χ3n) is 4.70. The van der Waals surface area contributed by atoms with E-state index >= 15 is 0 Å². The number of hydrogen-bond acceptors (Lipinski definition) is 4. The maximum Gasteiger partial charge on any atom is 0.262 e. The van der Waals surface area contributed by atoms with E-state index in [9.17, 15) is 18.4 Å². The Balaban J connectivity index is 1.58. The maximum atomic E-state index is 13.3. The zero-order valence-corrected chi connectivity index (χ0v) is 14.7. The highest BCUT2D eigenvalue weighted by Gasteiger charge is 2.44. The van der Waals surface area contributed by atoms with Gasteiger partial charge in [0, 0.05) is 32.6 Å². The molecular weight excluding hydrogens is 344 g/mol. The predicted octanol–water partition coefficient (Wildman–Crippen LogP) is 1.37. The number of rotatable bonds is 4. The number of carbonyl (C=O) groups is 2. The number of alkyl halides is 2. The molecule has 2 saturated heterocycles. The van der Waals surface area contributed by atoms with Crippen LogP contribution in [0.15, 0.2) is 24.3 Å². The molecule has 0 bridgehead atoms. The average Bonchev–Trinajstić information content (AvgIpc) is 3.01. The van der Waals surface area contributed by atoms with Gasteiger partial charge in [-0.15, -0.1) is 0 Å². The smallest absolute Gasteiger partial charge is 0.262 e. The van der Waals surface area contributed by atoms with Crippen molar-refractivity contribution in [1.29, 1.82) is 0 Å². The van der Waals surface area contributed by atoms with Gasteiger partial charge in [0.25, 0.3) is 11.8 Å². The first kappa shape index (κ1) is 18.6. The monoisotopic (exact) mass is 367 g/mol. The molecule has 2 aliphatic heterocycles. The summed E-state index contributed by atoms with van der Waals surface area (Å²) in [5, 5.41) is 2.59. The lowest BCUT2D eigenvalue weighted by Gasteiger charge is -2.36. The third kappa shape index (κ3) is 3.95. The Bertz CT molecular complexity index is 675. The number of piperazine rings is 1. The molecule has 26 heavy (non-hydrogen) atoms. The second kappa shape index (κ2) is 7.57. The predicted molar refractivity (Wildman–Crippen MR) is 91.4 cm³/mol. The Morgan fingerprint density at radius 1 is 1.19 bits per heavy atom. The fourth-order valence-corrected chi connectivity index (χ4v) is 3.34. The van der Waals surface area contributed by atoms with Crippen molar-refractivity contribution < 1.29 is 23.1 Å². The fourth-order valence-electron chi connectivity index (χ4n) is 3.34. The molecule has 1 aromatic carbocycles. The molecule has 0 aromatic heterocycles. The summed E-state index contributed by atoms with van der Waals surface area (Å²) in [4.78, 5) is 28.3. The zero-order valence-electron chi connectivity index (χ0n) is 14.7. The van der Waals surface area contributed by atoms with E-state index < -0.39 is 24.9 Å². The van der Waals surface area contributed by atoms with Crippen LogP contribution >= 0.6 is 0 Å². The summed E-state index contributed by atoms with van der Waals surface area (Å²) in [6.45, 7) is 3.27. The number of benzene rings is 1. The highest BCUT2D eigenvalue weighted by atomic mass is 19.3. The van der Waals surface area contributed by atoms with E-state index in [4.69, 9.17) is 4.74 Å². The van der Waals surface area contributed by atoms with Crippen LogP contribution in [0.5, 0.6) is 5.75 Å². The van der Waals surface area contributed by atoms with Crippen LogP contribution in [-0.4, -0.2) is 72.9 Å². The van der Waals surface area contributed by atoms with Gasteiger partial charge in [0.15, 0.2) is 0 Å². The third-order valence-corrected chi connectivity index (χ3v) is 4.70. The Hall–Kier alpha value is -2.22. The molecule has 0 radical (unpaired) electrons. The molecule has 2 aliphatic rings. The molecule has 0 aliphatic carbocycles. The van der Waals surface area contributed by atoms with Crippen LogP contribution in [0.2, 0.25) is 0 Å². The first-order valence-corrected chi connectivity index (χ1v) is 8.82. The van der Waals surface area contributed by atoms with Crippen molar-refractivity contribution in [3.05, 3.63) is 29.8 Å². The summed E-state index contributed by atoms with van der Waals surface area (Å²) < 4.78 is 32.1. The van der Waals surface area contributed by atoms with E-state index in [1.807, 2.05) is 13.0 Å². The van der Waals surface area contributed by atoms with E-state index in [-0.39, 0.29) is 11.8 Å². The molecule has 2 heterocycles. The normalized spacial score (nSPS) is 22.3. The van der Waals surface area contributed by atoms with Crippen molar-refractivity contribution in [3.8, 4) is 5.75 Å². The van der Waals surface area contributed by atoms with Crippen LogP contribution in [-0.2, 0) is 4.79 Å². The van der Waals surface area contributed by atoms with Crippen molar-refractivity contribution in [2.45, 2.75) is 25.3 Å². The van der Waals surface area contributed by atoms with Gasteiger partial charge < -0.3 is 14.5 Å². The minimum atomic E-state index is -2.83. The number of ether oxygens (including phenoxy) is 1. The van der Waals surface area contributed by atoms with E-state index in [0.717, 1.165) is 0 Å². The first-order chi connectivity index (χ1) is 12.4. The summed E-state index contributed by atoms with van der Waals surface area (Å²) in [7, 11) is 0. The molecule has 2 fully saturated rings. The lowest BCUT2D eigenvalue weighted by atomic mass is 10.1. The van der Waals surface area contributed by atoms with Crippen LogP contribution in [0.3, 0.4) is 0 Å². The highest BCUT2D eigenvalue weighted by Crippen LogP contribution is 2.26. The van der Waals surface area contributed by atoms with E-state index in [0.29, 0.717) is 44.1 Å². The molecule has 1 N–H and O–H groups in total. The molecule has 1 aromatic rings. The minimum absolute atomic E-state index is 0.147. The first-order valence-electron chi connectivity index (χ1n) is 8.82. The van der Waals surface area contributed by atoms with Crippen molar-refractivity contribution >= 4 is 11.8 Å². The number of para-hydroxylation sites is 1. The van der Waals surface area contributed by atoms with Gasteiger partial charge in [0.2, 0.25) is 5.91 Å². The number of hydrogen-bond donors (Lipinski definition) is 1. The zero-order chi connectivity index (χ0) is 18.7. The molecule has 1 atom stereocenters. The van der Waals surface area contributed by atoms with Crippen molar-refractivity contribution in [2.24, 2.45) is 0 Å². The van der Waals surface area contributed by atoms with Gasteiger partial charge in [-0.05, 0) is 19.1 Å². The highest BCUT2D eigenvalue weighted by molar-refractivity contribution is 5.97. The van der Waals surface area contributed by atoms with Crippen LogP contribution in [0.1, 0.15) is 23.7 Å². The Kier molecular flexibility index (Phi) is 5.41. The molecular formula is C18H23F2N3O3. The van der Waals surface area contributed by atoms with E-state index in [1.54, 1.807) is 28.0 Å². The van der Waals surface area contributed by atoms with Crippen molar-refractivity contribution in [2.75, 3.05) is 39.3 Å². The summed E-state index contributed by atoms with van der Waals surface area (Å²) in [5.74, 6) is -2.76. The van der Waals surface area contributed by atoms with Gasteiger partial charge in [0.1, 0.15) is 5.75 Å². The van der Waals surface area contributed by atoms with Crippen LogP contribution < -0.4 is 10.1 Å². The van der Waals surface area contributed by atoms with E-state index in [1.165, 1.54) is 0 Å².